The maximum absolute atomic E-state index is 12.6. The lowest BCUT2D eigenvalue weighted by Crippen LogP contribution is -2.45. The minimum Gasteiger partial charge on any atom is -0.496 e. The maximum Gasteiger partial charge on any atom is 0.465 e. The number of carbonyl (C=O) groups excluding carboxylic acids is 1. The summed E-state index contributed by atoms with van der Waals surface area (Å²) in [7, 11) is 1.28. The Bertz CT molecular complexity index is 501. The number of hydrogen-bond donors (Lipinski definition) is 0. The van der Waals surface area contributed by atoms with Gasteiger partial charge in [0.05, 0.1) is 7.11 Å². The van der Waals surface area contributed by atoms with Crippen LogP contribution < -0.4 is 4.74 Å². The molecule has 0 aliphatic carbocycles. The highest BCUT2D eigenvalue weighted by Gasteiger charge is 2.64. The van der Waals surface area contributed by atoms with Crippen LogP contribution in [0.4, 0.5) is 22.0 Å². The largest absolute Gasteiger partial charge is 0.496 e. The molecule has 0 atom stereocenters. The molecule has 0 N–H and O–H groups in total. The molecule has 0 bridgehead atoms. The second-order valence-corrected chi connectivity index (χ2v) is 4.52. The second kappa shape index (κ2) is 5.94. The van der Waals surface area contributed by atoms with Crippen molar-refractivity contribution in [2.75, 3.05) is 7.11 Å². The standard InChI is InChI=1S/C11H8BrF5O3/c1-19-8-3-2-7(12)4-6(8)5-20-9(18)10(13,14)11(15,16)17/h2-4H,5H2,1H3. The molecule has 0 aliphatic heterocycles. The van der Waals surface area contributed by atoms with Crippen LogP contribution in [0.2, 0.25) is 0 Å². The zero-order valence-corrected chi connectivity index (χ0v) is 11.5. The zero-order valence-electron chi connectivity index (χ0n) is 9.93. The van der Waals surface area contributed by atoms with Gasteiger partial charge in [0, 0.05) is 10.0 Å². The van der Waals surface area contributed by atoms with Crippen molar-refractivity contribution < 1.29 is 36.2 Å². The molecule has 0 spiro atoms. The summed E-state index contributed by atoms with van der Waals surface area (Å²) in [4.78, 5) is 10.8. The van der Waals surface area contributed by atoms with Crippen LogP contribution >= 0.6 is 15.9 Å². The van der Waals surface area contributed by atoms with E-state index in [-0.39, 0.29) is 11.3 Å². The average molecular weight is 363 g/mol. The van der Waals surface area contributed by atoms with Crippen molar-refractivity contribution in [3.05, 3.63) is 28.2 Å². The number of ether oxygens (including phenoxy) is 2. The van der Waals surface area contributed by atoms with Crippen LogP contribution in [0.5, 0.6) is 5.75 Å². The average Bonchev–Trinajstić information content (AvgIpc) is 2.34. The fraction of sp³-hybridized carbons (Fsp3) is 0.364. The van der Waals surface area contributed by atoms with Gasteiger partial charge in [-0.3, -0.25) is 0 Å². The highest BCUT2D eigenvalue weighted by Crippen LogP contribution is 2.36. The number of benzene rings is 1. The van der Waals surface area contributed by atoms with E-state index in [1.54, 1.807) is 6.07 Å². The van der Waals surface area contributed by atoms with E-state index in [2.05, 4.69) is 20.7 Å². The summed E-state index contributed by atoms with van der Waals surface area (Å²) in [5.74, 6) is -8.02. The summed E-state index contributed by atoms with van der Waals surface area (Å²) in [5.41, 5.74) is 0.146. The van der Waals surface area contributed by atoms with E-state index in [9.17, 15) is 26.7 Å². The van der Waals surface area contributed by atoms with E-state index in [1.165, 1.54) is 19.2 Å². The number of rotatable bonds is 4. The lowest BCUT2D eigenvalue weighted by Gasteiger charge is -2.18. The number of methoxy groups -OCH3 is 1. The molecular formula is C11H8BrF5O3. The topological polar surface area (TPSA) is 35.5 Å². The minimum atomic E-state index is -5.99. The monoisotopic (exact) mass is 362 g/mol. The van der Waals surface area contributed by atoms with Crippen molar-refractivity contribution in [2.45, 2.75) is 18.7 Å². The highest BCUT2D eigenvalue weighted by atomic mass is 79.9. The van der Waals surface area contributed by atoms with Gasteiger partial charge in [-0.15, -0.1) is 0 Å². The number of esters is 1. The second-order valence-electron chi connectivity index (χ2n) is 3.60. The van der Waals surface area contributed by atoms with Crippen molar-refractivity contribution in [3.63, 3.8) is 0 Å². The summed E-state index contributed by atoms with van der Waals surface area (Å²) in [6.45, 7) is -0.771. The molecule has 1 rings (SSSR count). The van der Waals surface area contributed by atoms with Crippen LogP contribution in [-0.2, 0) is 16.1 Å². The molecule has 0 radical (unpaired) electrons. The zero-order chi connectivity index (χ0) is 15.6. The molecule has 0 saturated carbocycles. The summed E-state index contributed by atoms with van der Waals surface area (Å²) >= 11 is 3.08. The van der Waals surface area contributed by atoms with Crippen LogP contribution in [0.3, 0.4) is 0 Å². The van der Waals surface area contributed by atoms with E-state index in [0.717, 1.165) is 0 Å². The Hall–Kier alpha value is -1.38. The SMILES string of the molecule is COc1ccc(Br)cc1COC(=O)C(F)(F)C(F)(F)F. The number of hydrogen-bond acceptors (Lipinski definition) is 3. The van der Waals surface area contributed by atoms with Gasteiger partial charge < -0.3 is 9.47 Å². The number of carbonyl (C=O) groups is 1. The number of alkyl halides is 5. The molecule has 0 aliphatic rings. The molecule has 0 saturated heterocycles. The Morgan fingerprint density at radius 1 is 1.25 bits per heavy atom. The van der Waals surface area contributed by atoms with Crippen LogP contribution in [-0.4, -0.2) is 25.2 Å². The van der Waals surface area contributed by atoms with Crippen molar-refractivity contribution in [3.8, 4) is 5.75 Å². The predicted octanol–water partition coefficient (Wildman–Crippen LogP) is 3.70. The van der Waals surface area contributed by atoms with Crippen LogP contribution in [0.25, 0.3) is 0 Å². The maximum atomic E-state index is 12.6. The molecule has 112 valence electrons. The van der Waals surface area contributed by atoms with Gasteiger partial charge in [0.15, 0.2) is 0 Å². The first-order valence-electron chi connectivity index (χ1n) is 5.03. The van der Waals surface area contributed by atoms with E-state index >= 15 is 0 Å². The van der Waals surface area contributed by atoms with Crippen LogP contribution in [0.1, 0.15) is 5.56 Å². The molecule has 0 unspecified atom stereocenters. The van der Waals surface area contributed by atoms with Gasteiger partial charge in [-0.1, -0.05) is 15.9 Å². The predicted molar refractivity (Wildman–Crippen MR) is 61.5 cm³/mol. The molecule has 1 aromatic carbocycles. The first-order chi connectivity index (χ1) is 9.09. The lowest BCUT2D eigenvalue weighted by atomic mass is 10.2. The molecule has 1 aromatic rings. The molecule has 0 amide bonds. The van der Waals surface area contributed by atoms with Crippen molar-refractivity contribution >= 4 is 21.9 Å². The Morgan fingerprint density at radius 2 is 1.85 bits per heavy atom. The smallest absolute Gasteiger partial charge is 0.465 e. The van der Waals surface area contributed by atoms with Gasteiger partial charge in [-0.25, -0.2) is 4.79 Å². The highest BCUT2D eigenvalue weighted by molar-refractivity contribution is 9.10. The van der Waals surface area contributed by atoms with E-state index in [0.29, 0.717) is 4.47 Å². The molecule has 0 aromatic heterocycles. The molecular weight excluding hydrogens is 355 g/mol. The molecule has 0 heterocycles. The lowest BCUT2D eigenvalue weighted by molar-refractivity contribution is -0.281. The molecule has 0 fully saturated rings. The summed E-state index contributed by atoms with van der Waals surface area (Å²) < 4.78 is 70.5. The Morgan fingerprint density at radius 3 is 2.35 bits per heavy atom. The Labute approximate surface area is 118 Å². The quantitative estimate of drug-likeness (QED) is 0.605. The van der Waals surface area contributed by atoms with Gasteiger partial charge in [-0.2, -0.15) is 22.0 Å². The van der Waals surface area contributed by atoms with E-state index < -0.39 is 24.7 Å². The van der Waals surface area contributed by atoms with Crippen molar-refractivity contribution in [1.82, 2.24) is 0 Å². The fourth-order valence-corrected chi connectivity index (χ4v) is 1.62. The molecule has 9 heteroatoms. The van der Waals surface area contributed by atoms with Gasteiger partial charge in [0.2, 0.25) is 0 Å². The minimum absolute atomic E-state index is 0.146. The van der Waals surface area contributed by atoms with Gasteiger partial charge in [0.1, 0.15) is 12.4 Å². The third kappa shape index (κ3) is 3.59. The third-order valence-electron chi connectivity index (χ3n) is 2.21. The summed E-state index contributed by atoms with van der Waals surface area (Å²) in [6.07, 6.45) is -5.99. The number of halogens is 6. The van der Waals surface area contributed by atoms with Crippen LogP contribution in [0, 0.1) is 0 Å². The summed E-state index contributed by atoms with van der Waals surface area (Å²) in [5, 5.41) is 0. The van der Waals surface area contributed by atoms with E-state index in [1.807, 2.05) is 0 Å². The van der Waals surface area contributed by atoms with Crippen molar-refractivity contribution in [1.29, 1.82) is 0 Å². The first-order valence-corrected chi connectivity index (χ1v) is 5.83. The Kier molecular flexibility index (Phi) is 4.95. The van der Waals surface area contributed by atoms with Gasteiger partial charge in [0.25, 0.3) is 0 Å². The van der Waals surface area contributed by atoms with Crippen LogP contribution in [0.15, 0.2) is 22.7 Å². The van der Waals surface area contributed by atoms with Gasteiger partial charge >= 0.3 is 18.1 Å². The molecule has 20 heavy (non-hydrogen) atoms. The fourth-order valence-electron chi connectivity index (χ4n) is 1.21. The normalized spacial score (nSPS) is 12.2. The third-order valence-corrected chi connectivity index (χ3v) is 2.71. The van der Waals surface area contributed by atoms with E-state index in [4.69, 9.17) is 4.74 Å². The first kappa shape index (κ1) is 16.7. The molecule has 3 nitrogen and oxygen atoms in total. The van der Waals surface area contributed by atoms with Gasteiger partial charge in [-0.05, 0) is 18.2 Å². The van der Waals surface area contributed by atoms with Crippen molar-refractivity contribution in [2.24, 2.45) is 0 Å². The summed E-state index contributed by atoms with van der Waals surface area (Å²) in [6, 6.07) is 4.38. The Balaban J connectivity index is 2.83.